The molecule has 0 heterocycles. The van der Waals surface area contributed by atoms with E-state index < -0.39 is 0 Å². The minimum atomic E-state index is 0.00405. The molecule has 4 nitrogen and oxygen atoms in total. The van der Waals surface area contributed by atoms with Crippen LogP contribution in [0.15, 0.2) is 12.1 Å². The van der Waals surface area contributed by atoms with Crippen molar-refractivity contribution >= 4 is 11.6 Å². The zero-order valence-corrected chi connectivity index (χ0v) is 12.4. The number of nitrogens with one attached hydrogen (secondary N) is 1. The summed E-state index contributed by atoms with van der Waals surface area (Å²) in [7, 11) is 1.48. The summed E-state index contributed by atoms with van der Waals surface area (Å²) >= 11 is 5.97. The third-order valence-corrected chi connectivity index (χ3v) is 3.11. The Bertz CT molecular complexity index is 410. The predicted molar refractivity (Wildman–Crippen MR) is 76.8 cm³/mol. The molecule has 0 aliphatic rings. The molecule has 0 aliphatic heterocycles. The Morgan fingerprint density at radius 2 is 2.05 bits per heavy atom. The van der Waals surface area contributed by atoms with E-state index in [2.05, 4.69) is 19.2 Å². The Labute approximate surface area is 119 Å². The van der Waals surface area contributed by atoms with Crippen molar-refractivity contribution in [2.24, 2.45) is 5.92 Å². The molecule has 1 aromatic rings. The second-order valence-corrected chi connectivity index (χ2v) is 5.44. The van der Waals surface area contributed by atoms with Gasteiger partial charge in [-0.15, -0.1) is 0 Å². The monoisotopic (exact) mass is 287 g/mol. The van der Waals surface area contributed by atoms with Crippen LogP contribution in [0.25, 0.3) is 0 Å². The molecule has 0 fully saturated rings. The molecule has 0 saturated heterocycles. The highest BCUT2D eigenvalue weighted by atomic mass is 35.5. The van der Waals surface area contributed by atoms with Gasteiger partial charge in [0.25, 0.3) is 0 Å². The first-order valence-corrected chi connectivity index (χ1v) is 6.75. The summed E-state index contributed by atoms with van der Waals surface area (Å²) in [6.07, 6.45) is 0.870. The maximum Gasteiger partial charge on any atom is 0.162 e. The number of hydrogen-bond acceptors (Lipinski definition) is 4. The van der Waals surface area contributed by atoms with E-state index >= 15 is 0 Å². The number of phenolic OH excluding ortho intramolecular Hbond substituents is 1. The molecule has 1 rings (SSSR count). The van der Waals surface area contributed by atoms with E-state index in [1.807, 2.05) is 0 Å². The Hall–Kier alpha value is -0.970. The quantitative estimate of drug-likeness (QED) is 0.721. The molecule has 0 aliphatic carbocycles. The summed E-state index contributed by atoms with van der Waals surface area (Å²) in [5, 5.41) is 23.0. The highest BCUT2D eigenvalue weighted by Crippen LogP contribution is 2.33. The summed E-state index contributed by atoms with van der Waals surface area (Å²) < 4.78 is 5.05. The first-order chi connectivity index (χ1) is 8.97. The van der Waals surface area contributed by atoms with Crippen LogP contribution in [-0.4, -0.2) is 30.0 Å². The number of rotatable bonds is 7. The van der Waals surface area contributed by atoms with Crippen LogP contribution in [0.5, 0.6) is 11.5 Å². The average Bonchev–Trinajstić information content (AvgIpc) is 2.37. The Balaban J connectivity index is 2.73. The molecule has 5 heteroatoms. The smallest absolute Gasteiger partial charge is 0.162 e. The molecule has 19 heavy (non-hydrogen) atoms. The van der Waals surface area contributed by atoms with E-state index in [1.54, 1.807) is 12.1 Å². The van der Waals surface area contributed by atoms with Gasteiger partial charge in [-0.2, -0.15) is 0 Å². The van der Waals surface area contributed by atoms with Gasteiger partial charge in [-0.25, -0.2) is 0 Å². The lowest BCUT2D eigenvalue weighted by atomic mass is 10.0. The number of ether oxygens (including phenoxy) is 1. The Morgan fingerprint density at radius 1 is 1.37 bits per heavy atom. The maximum absolute atomic E-state index is 9.99. The molecule has 108 valence electrons. The van der Waals surface area contributed by atoms with Crippen molar-refractivity contribution in [3.05, 3.63) is 22.7 Å². The van der Waals surface area contributed by atoms with Gasteiger partial charge in [-0.1, -0.05) is 25.4 Å². The second kappa shape index (κ2) is 7.58. The summed E-state index contributed by atoms with van der Waals surface area (Å²) in [6.45, 7) is 4.70. The predicted octanol–water partition coefficient (Wildman–Crippen LogP) is 2.55. The SMILES string of the molecule is COc1cc(Cl)cc(CNC(CO)CC(C)C)c1O. The van der Waals surface area contributed by atoms with Crippen molar-refractivity contribution in [1.82, 2.24) is 5.32 Å². The first kappa shape index (κ1) is 16.1. The fourth-order valence-corrected chi connectivity index (χ4v) is 2.20. The van der Waals surface area contributed by atoms with Crippen molar-refractivity contribution in [2.75, 3.05) is 13.7 Å². The number of benzene rings is 1. The lowest BCUT2D eigenvalue weighted by Crippen LogP contribution is -2.33. The van der Waals surface area contributed by atoms with E-state index in [4.69, 9.17) is 16.3 Å². The topological polar surface area (TPSA) is 61.7 Å². The number of methoxy groups -OCH3 is 1. The van der Waals surface area contributed by atoms with Crippen molar-refractivity contribution < 1.29 is 14.9 Å². The molecule has 0 radical (unpaired) electrons. The number of phenols is 1. The van der Waals surface area contributed by atoms with Gasteiger partial charge in [0.05, 0.1) is 13.7 Å². The third kappa shape index (κ3) is 4.90. The number of halogens is 1. The molecule has 1 atom stereocenters. The van der Waals surface area contributed by atoms with Crippen molar-refractivity contribution in [3.8, 4) is 11.5 Å². The molecular weight excluding hydrogens is 266 g/mol. The van der Waals surface area contributed by atoms with E-state index in [1.165, 1.54) is 7.11 Å². The van der Waals surface area contributed by atoms with Gasteiger partial charge in [0.15, 0.2) is 11.5 Å². The average molecular weight is 288 g/mol. The first-order valence-electron chi connectivity index (χ1n) is 6.37. The molecule has 1 aromatic carbocycles. The molecule has 0 aromatic heterocycles. The van der Waals surface area contributed by atoms with Gasteiger partial charge in [-0.3, -0.25) is 0 Å². The van der Waals surface area contributed by atoms with E-state index in [0.29, 0.717) is 28.8 Å². The Morgan fingerprint density at radius 3 is 2.58 bits per heavy atom. The number of hydrogen-bond donors (Lipinski definition) is 3. The van der Waals surface area contributed by atoms with Crippen LogP contribution in [0.1, 0.15) is 25.8 Å². The number of aliphatic hydroxyl groups excluding tert-OH is 1. The van der Waals surface area contributed by atoms with Crippen molar-refractivity contribution in [1.29, 1.82) is 0 Å². The zero-order chi connectivity index (χ0) is 14.4. The lowest BCUT2D eigenvalue weighted by Gasteiger charge is -2.19. The van der Waals surface area contributed by atoms with Gasteiger partial charge in [-0.05, 0) is 18.4 Å². The van der Waals surface area contributed by atoms with Crippen LogP contribution in [0.4, 0.5) is 0 Å². The van der Waals surface area contributed by atoms with Gasteiger partial charge < -0.3 is 20.3 Å². The van der Waals surface area contributed by atoms with Gasteiger partial charge >= 0.3 is 0 Å². The lowest BCUT2D eigenvalue weighted by molar-refractivity contribution is 0.223. The van der Waals surface area contributed by atoms with Crippen LogP contribution < -0.4 is 10.1 Å². The minimum absolute atomic E-state index is 0.00405. The summed E-state index contributed by atoms with van der Waals surface area (Å²) in [6, 6.07) is 3.26. The van der Waals surface area contributed by atoms with Crippen LogP contribution >= 0.6 is 11.6 Å². The van der Waals surface area contributed by atoms with Gasteiger partial charge in [0.1, 0.15) is 0 Å². The van der Waals surface area contributed by atoms with Crippen LogP contribution in [0.3, 0.4) is 0 Å². The van der Waals surface area contributed by atoms with Crippen LogP contribution in [0.2, 0.25) is 5.02 Å². The van der Waals surface area contributed by atoms with E-state index in [-0.39, 0.29) is 18.4 Å². The standard InChI is InChI=1S/C14H22ClNO3/c1-9(2)4-12(8-17)16-7-10-5-11(15)6-13(19-3)14(10)18/h5-6,9,12,16-18H,4,7-8H2,1-3H3. The van der Waals surface area contributed by atoms with Gasteiger partial charge in [0, 0.05) is 29.2 Å². The fourth-order valence-electron chi connectivity index (χ4n) is 1.96. The molecule has 1 unspecified atom stereocenters. The molecule has 0 saturated carbocycles. The normalized spacial score (nSPS) is 12.7. The van der Waals surface area contributed by atoms with E-state index in [0.717, 1.165) is 6.42 Å². The molecular formula is C14H22ClNO3. The largest absolute Gasteiger partial charge is 0.504 e. The molecule has 0 amide bonds. The zero-order valence-electron chi connectivity index (χ0n) is 11.6. The maximum atomic E-state index is 9.99. The number of aromatic hydroxyl groups is 1. The minimum Gasteiger partial charge on any atom is -0.504 e. The highest BCUT2D eigenvalue weighted by molar-refractivity contribution is 6.30. The second-order valence-electron chi connectivity index (χ2n) is 5.01. The van der Waals surface area contributed by atoms with Gasteiger partial charge in [0.2, 0.25) is 0 Å². The number of aliphatic hydroxyl groups is 1. The third-order valence-electron chi connectivity index (χ3n) is 2.90. The van der Waals surface area contributed by atoms with Crippen LogP contribution in [-0.2, 0) is 6.54 Å². The molecule has 0 spiro atoms. The van der Waals surface area contributed by atoms with Crippen LogP contribution in [0, 0.1) is 5.92 Å². The molecule has 3 N–H and O–H groups in total. The Kier molecular flexibility index (Phi) is 6.42. The van der Waals surface area contributed by atoms with Crippen molar-refractivity contribution in [2.45, 2.75) is 32.9 Å². The summed E-state index contributed by atoms with van der Waals surface area (Å²) in [5.74, 6) is 0.932. The summed E-state index contributed by atoms with van der Waals surface area (Å²) in [4.78, 5) is 0. The molecule has 0 bridgehead atoms. The highest BCUT2D eigenvalue weighted by Gasteiger charge is 2.13. The van der Waals surface area contributed by atoms with Crippen molar-refractivity contribution in [3.63, 3.8) is 0 Å². The van der Waals surface area contributed by atoms with E-state index in [9.17, 15) is 10.2 Å². The fraction of sp³-hybridized carbons (Fsp3) is 0.571. The summed E-state index contributed by atoms with van der Waals surface area (Å²) in [5.41, 5.74) is 0.659.